The van der Waals surface area contributed by atoms with E-state index in [-0.39, 0.29) is 5.91 Å². The van der Waals surface area contributed by atoms with Gasteiger partial charge in [-0.1, -0.05) is 6.92 Å². The van der Waals surface area contributed by atoms with Gasteiger partial charge in [0.15, 0.2) is 0 Å². The van der Waals surface area contributed by atoms with Crippen molar-refractivity contribution in [2.45, 2.75) is 19.9 Å². The molecule has 100 valence electrons. The molecule has 0 aliphatic carbocycles. The first-order valence-electron chi connectivity index (χ1n) is 6.00. The van der Waals surface area contributed by atoms with Crippen LogP contribution in [-0.2, 0) is 6.54 Å². The van der Waals surface area contributed by atoms with Gasteiger partial charge in [0.1, 0.15) is 11.5 Å². The summed E-state index contributed by atoms with van der Waals surface area (Å²) in [5.41, 5.74) is 2.87. The second-order valence-corrected chi connectivity index (χ2v) is 4.60. The lowest BCUT2D eigenvalue weighted by Crippen LogP contribution is -2.24. The molecule has 6 nitrogen and oxygen atoms in total. The minimum absolute atomic E-state index is 0.249. The average molecular weight is 277 g/mol. The minimum Gasteiger partial charge on any atom is -0.369 e. The van der Waals surface area contributed by atoms with E-state index in [0.29, 0.717) is 18.1 Å². The number of nitrogens with one attached hydrogen (secondary N) is 2. The molecule has 0 saturated heterocycles. The largest absolute Gasteiger partial charge is 0.369 e. The Morgan fingerprint density at radius 1 is 1.42 bits per heavy atom. The van der Waals surface area contributed by atoms with E-state index in [9.17, 15) is 4.79 Å². The van der Waals surface area contributed by atoms with Gasteiger partial charge < -0.3 is 10.6 Å². The Labute approximate surface area is 115 Å². The van der Waals surface area contributed by atoms with Gasteiger partial charge in [0, 0.05) is 11.9 Å². The highest BCUT2D eigenvalue weighted by atomic mass is 32.1. The van der Waals surface area contributed by atoms with Gasteiger partial charge in [-0.2, -0.15) is 0 Å². The number of amides is 1. The van der Waals surface area contributed by atoms with Crippen molar-refractivity contribution in [3.05, 3.63) is 34.7 Å². The van der Waals surface area contributed by atoms with Gasteiger partial charge in [-0.05, 0) is 6.42 Å². The third-order valence-corrected chi connectivity index (χ3v) is 2.97. The Bertz CT molecular complexity index is 529. The molecule has 0 bridgehead atoms. The van der Waals surface area contributed by atoms with Crippen LogP contribution in [0.2, 0.25) is 0 Å². The molecule has 2 heterocycles. The lowest BCUT2D eigenvalue weighted by atomic mass is 10.4. The molecule has 0 aliphatic rings. The first-order valence-corrected chi connectivity index (χ1v) is 6.95. The normalized spacial score (nSPS) is 10.2. The minimum atomic E-state index is -0.249. The topological polar surface area (TPSA) is 79.8 Å². The van der Waals surface area contributed by atoms with Crippen LogP contribution in [0.5, 0.6) is 0 Å². The number of rotatable bonds is 6. The summed E-state index contributed by atoms with van der Waals surface area (Å²) in [6.07, 6.45) is 4.04. The van der Waals surface area contributed by atoms with Crippen molar-refractivity contribution < 1.29 is 4.79 Å². The Balaban J connectivity index is 1.94. The van der Waals surface area contributed by atoms with Gasteiger partial charge >= 0.3 is 0 Å². The van der Waals surface area contributed by atoms with Gasteiger partial charge in [-0.25, -0.2) is 9.97 Å². The van der Waals surface area contributed by atoms with Crippen LogP contribution in [0.3, 0.4) is 0 Å². The fourth-order valence-corrected chi connectivity index (χ4v) is 1.96. The van der Waals surface area contributed by atoms with E-state index >= 15 is 0 Å². The van der Waals surface area contributed by atoms with Crippen molar-refractivity contribution >= 4 is 23.1 Å². The number of thiazole rings is 1. The molecular weight excluding hydrogens is 262 g/mol. The van der Waals surface area contributed by atoms with Crippen molar-refractivity contribution in [3.8, 4) is 0 Å². The third-order valence-electron chi connectivity index (χ3n) is 2.34. The molecule has 0 radical (unpaired) electrons. The molecule has 0 fully saturated rings. The van der Waals surface area contributed by atoms with E-state index < -0.39 is 0 Å². The van der Waals surface area contributed by atoms with Gasteiger partial charge in [0.05, 0.1) is 30.1 Å². The summed E-state index contributed by atoms with van der Waals surface area (Å²) in [5.74, 6) is 0.365. The number of nitrogens with zero attached hydrogens (tertiary/aromatic N) is 3. The molecular formula is C12H15N5OS. The molecule has 2 N–H and O–H groups in total. The van der Waals surface area contributed by atoms with Crippen molar-refractivity contribution in [3.63, 3.8) is 0 Å². The van der Waals surface area contributed by atoms with E-state index in [2.05, 4.69) is 32.5 Å². The summed E-state index contributed by atoms with van der Waals surface area (Å²) in [7, 11) is 0. The third kappa shape index (κ3) is 3.99. The monoisotopic (exact) mass is 277 g/mol. The first-order chi connectivity index (χ1) is 9.29. The number of anilines is 1. The lowest BCUT2D eigenvalue weighted by Gasteiger charge is -2.06. The van der Waals surface area contributed by atoms with Crippen molar-refractivity contribution in [1.82, 2.24) is 20.3 Å². The highest BCUT2D eigenvalue weighted by Gasteiger charge is 2.08. The predicted octanol–water partition coefficient (Wildman–Crippen LogP) is 1.68. The van der Waals surface area contributed by atoms with Crippen LogP contribution in [0.25, 0.3) is 0 Å². The maximum atomic E-state index is 11.9. The van der Waals surface area contributed by atoms with Gasteiger partial charge in [0.25, 0.3) is 5.91 Å². The van der Waals surface area contributed by atoms with Crippen LogP contribution in [0.4, 0.5) is 5.82 Å². The number of aromatic nitrogens is 3. The fraction of sp³-hybridized carbons (Fsp3) is 0.333. The molecule has 2 aromatic rings. The summed E-state index contributed by atoms with van der Waals surface area (Å²) in [4.78, 5) is 24.2. The number of hydrogen-bond acceptors (Lipinski definition) is 6. The predicted molar refractivity (Wildman–Crippen MR) is 74.1 cm³/mol. The smallest absolute Gasteiger partial charge is 0.271 e. The highest BCUT2D eigenvalue weighted by molar-refractivity contribution is 7.07. The van der Waals surface area contributed by atoms with Crippen LogP contribution < -0.4 is 10.6 Å². The summed E-state index contributed by atoms with van der Waals surface area (Å²) < 4.78 is 0. The zero-order valence-corrected chi connectivity index (χ0v) is 11.4. The van der Waals surface area contributed by atoms with Crippen LogP contribution >= 0.6 is 11.3 Å². The highest BCUT2D eigenvalue weighted by Crippen LogP contribution is 2.04. The second-order valence-electron chi connectivity index (χ2n) is 3.88. The van der Waals surface area contributed by atoms with E-state index in [0.717, 1.165) is 18.7 Å². The molecule has 7 heteroatoms. The molecule has 1 amide bonds. The SMILES string of the molecule is CCCNc1cncc(C(=O)NCc2cscn2)n1. The van der Waals surface area contributed by atoms with Gasteiger partial charge in [-0.15, -0.1) is 11.3 Å². The zero-order chi connectivity index (χ0) is 13.5. The molecule has 2 rings (SSSR count). The molecule has 0 atom stereocenters. The maximum Gasteiger partial charge on any atom is 0.271 e. The summed E-state index contributed by atoms with van der Waals surface area (Å²) in [6.45, 7) is 3.26. The maximum absolute atomic E-state index is 11.9. The Morgan fingerprint density at radius 2 is 2.32 bits per heavy atom. The van der Waals surface area contributed by atoms with Crippen LogP contribution in [0.1, 0.15) is 29.5 Å². The Hall–Kier alpha value is -2.02. The van der Waals surface area contributed by atoms with E-state index in [1.165, 1.54) is 17.5 Å². The molecule has 19 heavy (non-hydrogen) atoms. The summed E-state index contributed by atoms with van der Waals surface area (Å²) in [6, 6.07) is 0. The lowest BCUT2D eigenvalue weighted by molar-refractivity contribution is 0.0945. The molecule has 2 aromatic heterocycles. The second kappa shape index (κ2) is 6.79. The van der Waals surface area contributed by atoms with Crippen molar-refractivity contribution in [2.75, 3.05) is 11.9 Å². The van der Waals surface area contributed by atoms with Crippen LogP contribution in [0.15, 0.2) is 23.3 Å². The van der Waals surface area contributed by atoms with Crippen LogP contribution in [0, 0.1) is 0 Å². The molecule has 0 aromatic carbocycles. The molecule has 0 unspecified atom stereocenters. The Morgan fingerprint density at radius 3 is 3.05 bits per heavy atom. The number of carbonyl (C=O) groups excluding carboxylic acids is 1. The number of hydrogen-bond donors (Lipinski definition) is 2. The van der Waals surface area contributed by atoms with E-state index in [4.69, 9.17) is 0 Å². The number of carbonyl (C=O) groups is 1. The van der Waals surface area contributed by atoms with Gasteiger partial charge in [0.2, 0.25) is 0 Å². The van der Waals surface area contributed by atoms with Crippen molar-refractivity contribution in [1.29, 1.82) is 0 Å². The summed E-state index contributed by atoms with van der Waals surface area (Å²) >= 11 is 1.50. The quantitative estimate of drug-likeness (QED) is 0.840. The van der Waals surface area contributed by atoms with E-state index in [1.807, 2.05) is 5.38 Å². The zero-order valence-electron chi connectivity index (χ0n) is 10.6. The average Bonchev–Trinajstić information content (AvgIpc) is 2.96. The van der Waals surface area contributed by atoms with Crippen molar-refractivity contribution in [2.24, 2.45) is 0 Å². The molecule has 0 saturated carbocycles. The molecule has 0 spiro atoms. The van der Waals surface area contributed by atoms with E-state index in [1.54, 1.807) is 11.7 Å². The summed E-state index contributed by atoms with van der Waals surface area (Å²) in [5, 5.41) is 7.75. The fourth-order valence-electron chi connectivity index (χ4n) is 1.40. The van der Waals surface area contributed by atoms with Crippen LogP contribution in [-0.4, -0.2) is 27.4 Å². The first kappa shape index (κ1) is 13.4. The standard InChI is InChI=1S/C12H15N5OS/c1-2-3-14-11-6-13-5-10(17-11)12(18)15-4-9-7-19-8-16-9/h5-8H,2-4H2,1H3,(H,14,17)(H,15,18). The molecule has 0 aliphatic heterocycles. The van der Waals surface area contributed by atoms with Gasteiger partial charge in [-0.3, -0.25) is 9.78 Å². The Kier molecular flexibility index (Phi) is 4.79.